The highest BCUT2D eigenvalue weighted by atomic mass is 16.6. The number of hydrogen-bond donors (Lipinski definition) is 2. The Kier molecular flexibility index (Phi) is 5.06. The number of aliphatic hydroxyl groups is 1. The topological polar surface area (TPSA) is 89.4 Å². The first-order valence-corrected chi connectivity index (χ1v) is 5.63. The zero-order chi connectivity index (χ0) is 12.8. The van der Waals surface area contributed by atoms with Crippen molar-refractivity contribution in [1.82, 2.24) is 0 Å². The van der Waals surface area contributed by atoms with Crippen molar-refractivity contribution in [2.24, 2.45) is 11.7 Å². The van der Waals surface area contributed by atoms with Crippen LogP contribution in [0.3, 0.4) is 0 Å². The van der Waals surface area contributed by atoms with Gasteiger partial charge in [0, 0.05) is 18.7 Å². The standard InChI is InChI=1S/C12H18N2O3/c1-9(6-10(7-13)8-15)11-2-4-12(5-3-11)14(16)17/h2-5,9-10,15H,6-8,13H2,1H3. The van der Waals surface area contributed by atoms with Gasteiger partial charge >= 0.3 is 0 Å². The Balaban J connectivity index is 2.69. The quantitative estimate of drug-likeness (QED) is 0.582. The third kappa shape index (κ3) is 3.80. The third-order valence-corrected chi connectivity index (χ3v) is 2.95. The van der Waals surface area contributed by atoms with Crippen LogP contribution in [0.1, 0.15) is 24.8 Å². The minimum atomic E-state index is -0.412. The third-order valence-electron chi connectivity index (χ3n) is 2.95. The second-order valence-electron chi connectivity index (χ2n) is 4.27. The summed E-state index contributed by atoms with van der Waals surface area (Å²) in [6.07, 6.45) is 0.783. The Morgan fingerprint density at radius 3 is 2.41 bits per heavy atom. The van der Waals surface area contributed by atoms with Gasteiger partial charge in [0.25, 0.3) is 5.69 Å². The molecule has 0 amide bonds. The van der Waals surface area contributed by atoms with Crippen molar-refractivity contribution in [3.63, 3.8) is 0 Å². The van der Waals surface area contributed by atoms with Crippen LogP contribution < -0.4 is 5.73 Å². The zero-order valence-corrected chi connectivity index (χ0v) is 9.87. The van der Waals surface area contributed by atoms with Crippen LogP contribution in [-0.4, -0.2) is 23.2 Å². The summed E-state index contributed by atoms with van der Waals surface area (Å²) in [5, 5.41) is 19.6. The fourth-order valence-electron chi connectivity index (χ4n) is 1.81. The molecule has 2 atom stereocenters. The molecule has 0 aliphatic heterocycles. The fraction of sp³-hybridized carbons (Fsp3) is 0.500. The normalized spacial score (nSPS) is 14.3. The van der Waals surface area contributed by atoms with Gasteiger partial charge < -0.3 is 10.8 Å². The molecule has 0 bridgehead atoms. The molecule has 5 heteroatoms. The number of nitrogens with zero attached hydrogens (tertiary/aromatic N) is 1. The van der Waals surface area contributed by atoms with Gasteiger partial charge in [-0.2, -0.15) is 0 Å². The summed E-state index contributed by atoms with van der Waals surface area (Å²) in [5.74, 6) is 0.316. The van der Waals surface area contributed by atoms with Gasteiger partial charge in [-0.15, -0.1) is 0 Å². The molecule has 1 aromatic rings. The smallest absolute Gasteiger partial charge is 0.269 e. The lowest BCUT2D eigenvalue weighted by Gasteiger charge is -2.17. The van der Waals surface area contributed by atoms with E-state index in [4.69, 9.17) is 10.8 Å². The molecule has 0 radical (unpaired) electrons. The summed E-state index contributed by atoms with van der Waals surface area (Å²) in [5.41, 5.74) is 6.65. The number of benzene rings is 1. The summed E-state index contributed by atoms with van der Waals surface area (Å²) in [6.45, 7) is 2.56. The average molecular weight is 238 g/mol. The molecular weight excluding hydrogens is 220 g/mol. The number of nitro benzene ring substituents is 1. The monoisotopic (exact) mass is 238 g/mol. The van der Waals surface area contributed by atoms with Gasteiger partial charge in [0.2, 0.25) is 0 Å². The van der Waals surface area contributed by atoms with Gasteiger partial charge in [-0.1, -0.05) is 19.1 Å². The Hall–Kier alpha value is -1.46. The Morgan fingerprint density at radius 1 is 1.41 bits per heavy atom. The SMILES string of the molecule is CC(CC(CN)CO)c1ccc([N+](=O)[O-])cc1. The molecule has 0 saturated carbocycles. The van der Waals surface area contributed by atoms with Crippen LogP contribution in [0.25, 0.3) is 0 Å². The van der Waals surface area contributed by atoms with E-state index in [-0.39, 0.29) is 24.1 Å². The van der Waals surface area contributed by atoms with E-state index < -0.39 is 4.92 Å². The molecule has 0 aromatic heterocycles. The van der Waals surface area contributed by atoms with Gasteiger partial charge in [0.05, 0.1) is 4.92 Å². The maximum absolute atomic E-state index is 10.5. The molecule has 17 heavy (non-hydrogen) atoms. The number of nitrogens with two attached hydrogens (primary N) is 1. The number of aliphatic hydroxyl groups excluding tert-OH is 1. The summed E-state index contributed by atoms with van der Waals surface area (Å²) >= 11 is 0. The first-order valence-electron chi connectivity index (χ1n) is 5.63. The molecule has 2 unspecified atom stereocenters. The molecule has 0 aliphatic rings. The number of nitro groups is 1. The second kappa shape index (κ2) is 6.32. The van der Waals surface area contributed by atoms with E-state index in [0.29, 0.717) is 6.54 Å². The second-order valence-corrected chi connectivity index (χ2v) is 4.27. The molecule has 3 N–H and O–H groups in total. The van der Waals surface area contributed by atoms with E-state index in [1.54, 1.807) is 12.1 Å². The van der Waals surface area contributed by atoms with Gasteiger partial charge in [-0.05, 0) is 30.4 Å². The summed E-state index contributed by atoms with van der Waals surface area (Å²) in [7, 11) is 0. The molecule has 0 fully saturated rings. The van der Waals surface area contributed by atoms with Crippen LogP contribution in [0.4, 0.5) is 5.69 Å². The summed E-state index contributed by atoms with van der Waals surface area (Å²) in [4.78, 5) is 10.1. The van der Waals surface area contributed by atoms with Gasteiger partial charge in [0.1, 0.15) is 0 Å². The lowest BCUT2D eigenvalue weighted by atomic mass is 9.90. The molecule has 5 nitrogen and oxygen atoms in total. The number of hydrogen-bond acceptors (Lipinski definition) is 4. The van der Waals surface area contributed by atoms with Crippen LogP contribution in [0.2, 0.25) is 0 Å². The molecule has 1 aromatic carbocycles. The summed E-state index contributed by atoms with van der Waals surface area (Å²) in [6, 6.07) is 6.52. The number of non-ortho nitro benzene ring substituents is 1. The van der Waals surface area contributed by atoms with Crippen molar-refractivity contribution < 1.29 is 10.0 Å². The molecule has 0 spiro atoms. The highest BCUT2D eigenvalue weighted by molar-refractivity contribution is 5.34. The highest BCUT2D eigenvalue weighted by Gasteiger charge is 2.13. The lowest BCUT2D eigenvalue weighted by Crippen LogP contribution is -2.20. The zero-order valence-electron chi connectivity index (χ0n) is 9.87. The van der Waals surface area contributed by atoms with Crippen molar-refractivity contribution >= 4 is 5.69 Å². The van der Waals surface area contributed by atoms with Crippen molar-refractivity contribution in [2.45, 2.75) is 19.3 Å². The molecule has 94 valence electrons. The first-order chi connectivity index (χ1) is 8.08. The van der Waals surface area contributed by atoms with Crippen molar-refractivity contribution in [3.8, 4) is 0 Å². The van der Waals surface area contributed by atoms with E-state index >= 15 is 0 Å². The van der Waals surface area contributed by atoms with Crippen molar-refractivity contribution in [1.29, 1.82) is 0 Å². The van der Waals surface area contributed by atoms with Gasteiger partial charge in [-0.3, -0.25) is 10.1 Å². The first kappa shape index (κ1) is 13.6. The van der Waals surface area contributed by atoms with Crippen LogP contribution in [0.15, 0.2) is 24.3 Å². The Morgan fingerprint density at radius 2 is 2.00 bits per heavy atom. The highest BCUT2D eigenvalue weighted by Crippen LogP contribution is 2.24. The molecule has 0 saturated heterocycles. The van der Waals surface area contributed by atoms with Crippen LogP contribution in [0.5, 0.6) is 0 Å². The minimum Gasteiger partial charge on any atom is -0.396 e. The van der Waals surface area contributed by atoms with Gasteiger partial charge in [0.15, 0.2) is 0 Å². The van der Waals surface area contributed by atoms with E-state index in [1.165, 1.54) is 12.1 Å². The molecular formula is C12H18N2O3. The fourth-order valence-corrected chi connectivity index (χ4v) is 1.81. The van der Waals surface area contributed by atoms with Crippen LogP contribution in [0, 0.1) is 16.0 Å². The van der Waals surface area contributed by atoms with Gasteiger partial charge in [-0.25, -0.2) is 0 Å². The lowest BCUT2D eigenvalue weighted by molar-refractivity contribution is -0.384. The van der Waals surface area contributed by atoms with E-state index in [0.717, 1.165) is 12.0 Å². The molecule has 0 heterocycles. The minimum absolute atomic E-state index is 0.0772. The predicted molar refractivity (Wildman–Crippen MR) is 65.8 cm³/mol. The van der Waals surface area contributed by atoms with Crippen LogP contribution in [-0.2, 0) is 0 Å². The molecule has 1 rings (SSSR count). The summed E-state index contributed by atoms with van der Waals surface area (Å²) < 4.78 is 0. The maximum atomic E-state index is 10.5. The number of rotatable bonds is 6. The van der Waals surface area contributed by atoms with E-state index in [1.807, 2.05) is 6.92 Å². The Bertz CT molecular complexity index is 361. The molecule has 0 aliphatic carbocycles. The predicted octanol–water partition coefficient (Wildman–Crippen LogP) is 1.66. The van der Waals surface area contributed by atoms with Crippen molar-refractivity contribution in [2.75, 3.05) is 13.2 Å². The van der Waals surface area contributed by atoms with E-state index in [9.17, 15) is 10.1 Å². The largest absolute Gasteiger partial charge is 0.396 e. The Labute approximate surface area is 100 Å². The average Bonchev–Trinajstić information content (AvgIpc) is 2.35. The van der Waals surface area contributed by atoms with Crippen LogP contribution >= 0.6 is 0 Å². The maximum Gasteiger partial charge on any atom is 0.269 e. The van der Waals surface area contributed by atoms with E-state index in [2.05, 4.69) is 0 Å². The van der Waals surface area contributed by atoms with Crippen molar-refractivity contribution in [3.05, 3.63) is 39.9 Å².